The predicted octanol–water partition coefficient (Wildman–Crippen LogP) is 4.06. The molecule has 8 heteroatoms. The number of fused-ring (bicyclic) bond motifs is 1. The van der Waals surface area contributed by atoms with Crippen molar-refractivity contribution in [2.24, 2.45) is 0 Å². The number of benzene rings is 1. The molecule has 1 aliphatic rings. The molecule has 1 aromatic carbocycles. The van der Waals surface area contributed by atoms with E-state index in [1.807, 2.05) is 15.2 Å². The zero-order chi connectivity index (χ0) is 24.3. The molecular weight excluding hydrogens is 455 g/mol. The third-order valence-electron chi connectivity index (χ3n) is 5.97. The van der Waals surface area contributed by atoms with Crippen LogP contribution < -0.4 is 4.74 Å². The first kappa shape index (κ1) is 26.3. The van der Waals surface area contributed by atoms with Crippen molar-refractivity contribution in [2.75, 3.05) is 46.5 Å². The van der Waals surface area contributed by atoms with E-state index < -0.39 is 6.10 Å². The van der Waals surface area contributed by atoms with Crippen LogP contribution in [0.3, 0.4) is 0 Å². The van der Waals surface area contributed by atoms with Gasteiger partial charge < -0.3 is 19.5 Å². The summed E-state index contributed by atoms with van der Waals surface area (Å²) in [6.07, 6.45) is 4.20. The summed E-state index contributed by atoms with van der Waals surface area (Å²) in [6.45, 7) is 6.47. The van der Waals surface area contributed by atoms with E-state index in [9.17, 15) is 14.3 Å². The molecule has 3 rings (SSSR count). The van der Waals surface area contributed by atoms with Gasteiger partial charge in [0.05, 0.1) is 18.7 Å². The molecule has 0 saturated carbocycles. The number of aliphatic hydroxyl groups is 1. The Morgan fingerprint density at radius 2 is 2.29 bits per heavy atom. The van der Waals surface area contributed by atoms with Crippen LogP contribution in [0.4, 0.5) is 4.39 Å². The van der Waals surface area contributed by atoms with Gasteiger partial charge in [-0.3, -0.25) is 9.69 Å². The first-order chi connectivity index (χ1) is 16.5. The summed E-state index contributed by atoms with van der Waals surface area (Å²) in [4.78, 5) is 18.6. The number of nitrogens with zero attached hydrogens (tertiary/aromatic N) is 2. The van der Waals surface area contributed by atoms with Crippen molar-refractivity contribution in [2.45, 2.75) is 37.8 Å². The molecule has 0 spiro atoms. The number of methoxy groups -OCH3 is 1. The molecule has 0 fully saturated rings. The first-order valence-corrected chi connectivity index (χ1v) is 12.6. The van der Waals surface area contributed by atoms with E-state index >= 15 is 0 Å². The van der Waals surface area contributed by atoms with Crippen molar-refractivity contribution >= 4 is 17.2 Å². The van der Waals surface area contributed by atoms with E-state index in [0.717, 1.165) is 24.8 Å². The van der Waals surface area contributed by atoms with Crippen molar-refractivity contribution in [3.8, 4) is 5.75 Å². The van der Waals surface area contributed by atoms with Gasteiger partial charge in [0.1, 0.15) is 18.2 Å². The third-order valence-corrected chi connectivity index (χ3v) is 6.97. The van der Waals surface area contributed by atoms with Crippen LogP contribution in [0.1, 0.15) is 35.7 Å². The van der Waals surface area contributed by atoms with Gasteiger partial charge in [-0.15, -0.1) is 17.9 Å². The lowest BCUT2D eigenvalue weighted by atomic mass is 10.0. The number of allylic oxidation sites excluding steroid dienone is 1. The number of thiophene rings is 1. The van der Waals surface area contributed by atoms with Crippen molar-refractivity contribution in [1.29, 1.82) is 0 Å². The Kier molecular flexibility index (Phi) is 10.5. The Morgan fingerprint density at radius 3 is 3.06 bits per heavy atom. The van der Waals surface area contributed by atoms with Crippen LogP contribution in [-0.2, 0) is 16.0 Å². The number of halogens is 1. The Balaban J connectivity index is 1.70. The minimum atomic E-state index is -0.523. The van der Waals surface area contributed by atoms with Gasteiger partial charge in [0.25, 0.3) is 0 Å². The predicted molar refractivity (Wildman–Crippen MR) is 133 cm³/mol. The molecule has 1 aliphatic heterocycles. The Morgan fingerprint density at radius 1 is 1.44 bits per heavy atom. The van der Waals surface area contributed by atoms with E-state index in [1.165, 1.54) is 17.0 Å². The van der Waals surface area contributed by atoms with Crippen LogP contribution in [0.2, 0.25) is 0 Å². The summed E-state index contributed by atoms with van der Waals surface area (Å²) in [5.41, 5.74) is 1.10. The topological polar surface area (TPSA) is 62.2 Å². The van der Waals surface area contributed by atoms with Crippen molar-refractivity contribution < 1.29 is 23.8 Å². The molecule has 0 radical (unpaired) electrons. The zero-order valence-electron chi connectivity index (χ0n) is 19.8. The molecule has 34 heavy (non-hydrogen) atoms. The van der Waals surface area contributed by atoms with E-state index in [4.69, 9.17) is 9.47 Å². The molecule has 0 aliphatic carbocycles. The summed E-state index contributed by atoms with van der Waals surface area (Å²) in [7, 11) is 1.66. The molecule has 0 bridgehead atoms. The molecule has 2 atom stereocenters. The fraction of sp³-hybridized carbons (Fsp3) is 0.500. The highest BCUT2D eigenvalue weighted by atomic mass is 32.1. The average molecular weight is 491 g/mol. The van der Waals surface area contributed by atoms with Crippen molar-refractivity contribution in [3.63, 3.8) is 0 Å². The van der Waals surface area contributed by atoms with Crippen LogP contribution in [0.5, 0.6) is 5.75 Å². The molecule has 6 nitrogen and oxygen atoms in total. The Bertz CT molecular complexity index is 922. The standard InChI is InChI=1S/C26H35FN2O4S/c1-3-4-8-21(30)17-28(12-6-14-32-2)18-26(31)29-13-10-25-23(11-15-34-25)24(29)19-33-22-9-5-7-20(27)16-22/h3,5,7,9,11,15-16,21,24,30H,1,4,6,8,10,12-14,17-19H2,2H3/t21-,24+/m0/s1. The Hall–Kier alpha value is -2.26. The van der Waals surface area contributed by atoms with Gasteiger partial charge in [-0.1, -0.05) is 12.1 Å². The quantitative estimate of drug-likeness (QED) is 0.320. The van der Waals surface area contributed by atoms with E-state index in [0.29, 0.717) is 38.4 Å². The van der Waals surface area contributed by atoms with Crippen LogP contribution in [-0.4, -0.2) is 73.4 Å². The van der Waals surface area contributed by atoms with Crippen molar-refractivity contribution in [3.05, 3.63) is 64.6 Å². The lowest BCUT2D eigenvalue weighted by molar-refractivity contribution is -0.136. The van der Waals surface area contributed by atoms with Gasteiger partial charge in [-0.2, -0.15) is 0 Å². The van der Waals surface area contributed by atoms with Gasteiger partial charge in [0.15, 0.2) is 0 Å². The van der Waals surface area contributed by atoms with Crippen molar-refractivity contribution in [1.82, 2.24) is 9.80 Å². The lowest BCUT2D eigenvalue weighted by Gasteiger charge is -2.37. The fourth-order valence-corrected chi connectivity index (χ4v) is 5.18. The molecule has 0 saturated heterocycles. The maximum Gasteiger partial charge on any atom is 0.237 e. The SMILES string of the molecule is C=CCC[C@H](O)CN(CCCOC)CC(=O)N1CCc2sccc2[C@H]1COc1cccc(F)c1. The largest absolute Gasteiger partial charge is 0.491 e. The smallest absolute Gasteiger partial charge is 0.237 e. The van der Waals surface area contributed by atoms with E-state index in [-0.39, 0.29) is 30.9 Å². The maximum atomic E-state index is 13.6. The van der Waals surface area contributed by atoms with E-state index in [2.05, 4.69) is 12.6 Å². The number of aliphatic hydroxyl groups excluding tert-OH is 1. The number of carbonyl (C=O) groups excluding carboxylic acids is 1. The summed E-state index contributed by atoms with van der Waals surface area (Å²) >= 11 is 1.69. The zero-order valence-corrected chi connectivity index (χ0v) is 20.6. The summed E-state index contributed by atoms with van der Waals surface area (Å²) < 4.78 is 24.7. The minimum Gasteiger partial charge on any atom is -0.491 e. The van der Waals surface area contributed by atoms with Crippen LogP contribution >= 0.6 is 11.3 Å². The summed E-state index contributed by atoms with van der Waals surface area (Å²) in [5, 5.41) is 12.5. The highest BCUT2D eigenvalue weighted by molar-refractivity contribution is 7.10. The lowest BCUT2D eigenvalue weighted by Crippen LogP contribution is -2.48. The number of hydrogen-bond donors (Lipinski definition) is 1. The molecule has 2 heterocycles. The third kappa shape index (κ3) is 7.63. The normalized spacial score (nSPS) is 16.4. The monoisotopic (exact) mass is 490 g/mol. The molecule has 186 valence electrons. The number of ether oxygens (including phenoxy) is 2. The second-order valence-corrected chi connectivity index (χ2v) is 9.52. The number of carbonyl (C=O) groups is 1. The average Bonchev–Trinajstić information content (AvgIpc) is 3.30. The number of rotatable bonds is 14. The maximum absolute atomic E-state index is 13.6. The summed E-state index contributed by atoms with van der Waals surface area (Å²) in [5.74, 6) is 0.0892. The van der Waals surface area contributed by atoms with Gasteiger partial charge in [-0.05, 0) is 54.8 Å². The van der Waals surface area contributed by atoms with Crippen LogP contribution in [0, 0.1) is 5.82 Å². The fourth-order valence-electron chi connectivity index (χ4n) is 4.26. The molecule has 2 aromatic rings. The molecule has 1 N–H and O–H groups in total. The van der Waals surface area contributed by atoms with Gasteiger partial charge in [-0.25, -0.2) is 4.39 Å². The molecule has 0 unspecified atom stereocenters. The van der Waals surface area contributed by atoms with Crippen LogP contribution in [0.15, 0.2) is 48.4 Å². The Labute approximate surface area is 205 Å². The van der Waals surface area contributed by atoms with Gasteiger partial charge in [0.2, 0.25) is 5.91 Å². The molecular formula is C26H35FN2O4S. The van der Waals surface area contributed by atoms with Crippen LogP contribution in [0.25, 0.3) is 0 Å². The van der Waals surface area contributed by atoms with E-state index in [1.54, 1.807) is 36.7 Å². The second-order valence-electron chi connectivity index (χ2n) is 8.52. The highest BCUT2D eigenvalue weighted by Crippen LogP contribution is 2.34. The summed E-state index contributed by atoms with van der Waals surface area (Å²) in [6, 6.07) is 7.87. The first-order valence-electron chi connectivity index (χ1n) is 11.8. The number of amides is 1. The minimum absolute atomic E-state index is 0.00182. The second kappa shape index (κ2) is 13.6. The highest BCUT2D eigenvalue weighted by Gasteiger charge is 2.33. The number of hydrogen-bond acceptors (Lipinski definition) is 6. The van der Waals surface area contributed by atoms with Gasteiger partial charge >= 0.3 is 0 Å². The van der Waals surface area contributed by atoms with Gasteiger partial charge in [0, 0.05) is 44.3 Å². The molecule has 1 aromatic heterocycles. The molecule has 1 amide bonds.